The molecule has 0 fully saturated rings. The summed E-state index contributed by atoms with van der Waals surface area (Å²) in [6.45, 7) is 2.52. The number of carbonyl (C=O) groups is 2. The average Bonchev–Trinajstić information content (AvgIpc) is 2.38. The summed E-state index contributed by atoms with van der Waals surface area (Å²) in [7, 11) is 1.54. The second kappa shape index (κ2) is 6.99. The lowest BCUT2D eigenvalue weighted by Gasteiger charge is -2.17. The third-order valence-corrected chi connectivity index (χ3v) is 2.80. The molecule has 0 spiro atoms. The molecule has 0 atom stereocenters. The van der Waals surface area contributed by atoms with E-state index in [1.165, 1.54) is 30.1 Å². The summed E-state index contributed by atoms with van der Waals surface area (Å²) in [5.74, 6) is -0.613. The van der Waals surface area contributed by atoms with Crippen molar-refractivity contribution in [1.82, 2.24) is 10.2 Å². The molecule has 0 saturated heterocycles. The van der Waals surface area contributed by atoms with Gasteiger partial charge >= 0.3 is 0 Å². The molecule has 1 rings (SSSR count). The summed E-state index contributed by atoms with van der Waals surface area (Å²) in [5, 5.41) is 12.1. The Bertz CT molecular complexity index is 477. The predicted molar refractivity (Wildman–Crippen MR) is 73.4 cm³/mol. The van der Waals surface area contributed by atoms with Crippen LogP contribution in [0.3, 0.4) is 0 Å². The van der Waals surface area contributed by atoms with E-state index in [2.05, 4.69) is 5.32 Å². The van der Waals surface area contributed by atoms with Crippen LogP contribution in [0.15, 0.2) is 18.2 Å². The number of aromatic hydroxyl groups is 1. The Balaban J connectivity index is 2.66. The molecular weight excluding hydrogens is 268 g/mol. The van der Waals surface area contributed by atoms with Gasteiger partial charge in [-0.2, -0.15) is 0 Å². The van der Waals surface area contributed by atoms with Gasteiger partial charge in [-0.3, -0.25) is 9.59 Å². The number of phenolic OH excluding ortho intramolecular Hbond substituents is 1. The summed E-state index contributed by atoms with van der Waals surface area (Å²) in [5.41, 5.74) is 0.327. The first-order valence-corrected chi connectivity index (χ1v) is 6.34. The van der Waals surface area contributed by atoms with Gasteiger partial charge in [-0.15, -0.1) is 0 Å². The maximum Gasteiger partial charge on any atom is 0.254 e. The van der Waals surface area contributed by atoms with Gasteiger partial charge in [-0.1, -0.05) is 18.5 Å². The number of likely N-dealkylation sites (N-methyl/N-ethyl adjacent to an activating group) is 1. The molecule has 19 heavy (non-hydrogen) atoms. The van der Waals surface area contributed by atoms with Crippen molar-refractivity contribution in [3.05, 3.63) is 28.8 Å². The molecule has 5 nitrogen and oxygen atoms in total. The molecule has 1 aromatic rings. The van der Waals surface area contributed by atoms with Crippen LogP contribution in [0.25, 0.3) is 0 Å². The number of nitrogens with zero attached hydrogens (tertiary/aromatic N) is 1. The van der Waals surface area contributed by atoms with Crippen LogP contribution in [0, 0.1) is 0 Å². The number of phenols is 1. The fraction of sp³-hybridized carbons (Fsp3) is 0.385. The molecular formula is C13H17ClN2O3. The Morgan fingerprint density at radius 3 is 2.68 bits per heavy atom. The van der Waals surface area contributed by atoms with E-state index in [4.69, 9.17) is 11.6 Å². The van der Waals surface area contributed by atoms with Gasteiger partial charge in [0.05, 0.1) is 11.6 Å². The largest absolute Gasteiger partial charge is 0.506 e. The molecule has 0 bridgehead atoms. The number of amides is 2. The lowest BCUT2D eigenvalue weighted by atomic mass is 10.2. The first kappa shape index (κ1) is 15.3. The first-order chi connectivity index (χ1) is 8.95. The highest BCUT2D eigenvalue weighted by atomic mass is 35.5. The summed E-state index contributed by atoms with van der Waals surface area (Å²) in [4.78, 5) is 24.8. The third kappa shape index (κ3) is 4.44. The van der Waals surface area contributed by atoms with Crippen LogP contribution in [0.1, 0.15) is 23.7 Å². The highest BCUT2D eigenvalue weighted by Crippen LogP contribution is 2.24. The normalized spacial score (nSPS) is 10.1. The molecule has 6 heteroatoms. The molecule has 1 aromatic carbocycles. The van der Waals surface area contributed by atoms with Gasteiger partial charge < -0.3 is 15.3 Å². The molecule has 0 saturated carbocycles. The predicted octanol–water partition coefficient (Wildman–Crippen LogP) is 1.64. The van der Waals surface area contributed by atoms with Crippen molar-refractivity contribution in [3.8, 4) is 5.75 Å². The SMILES string of the molecule is CCCNC(=O)CN(C)C(=O)c1ccc(O)c(Cl)c1. The Morgan fingerprint density at radius 1 is 1.42 bits per heavy atom. The highest BCUT2D eigenvalue weighted by Gasteiger charge is 2.15. The van der Waals surface area contributed by atoms with E-state index in [9.17, 15) is 14.7 Å². The third-order valence-electron chi connectivity index (χ3n) is 2.49. The molecule has 0 heterocycles. The summed E-state index contributed by atoms with van der Waals surface area (Å²) in [6, 6.07) is 4.18. The van der Waals surface area contributed by atoms with Crippen LogP contribution < -0.4 is 5.32 Å². The fourth-order valence-electron chi connectivity index (χ4n) is 1.47. The minimum absolute atomic E-state index is 0.0165. The van der Waals surface area contributed by atoms with E-state index in [1.54, 1.807) is 0 Å². The van der Waals surface area contributed by atoms with Crippen molar-refractivity contribution >= 4 is 23.4 Å². The number of halogens is 1. The molecule has 0 radical (unpaired) electrons. The van der Waals surface area contributed by atoms with Gasteiger partial charge in [0.25, 0.3) is 5.91 Å². The lowest BCUT2D eigenvalue weighted by molar-refractivity contribution is -0.121. The van der Waals surface area contributed by atoms with E-state index in [0.29, 0.717) is 12.1 Å². The molecule has 0 aliphatic rings. The minimum atomic E-state index is -0.325. The molecule has 2 amide bonds. The number of rotatable bonds is 5. The number of hydrogen-bond acceptors (Lipinski definition) is 3. The zero-order valence-corrected chi connectivity index (χ0v) is 11.7. The van der Waals surface area contributed by atoms with Crippen molar-refractivity contribution in [2.24, 2.45) is 0 Å². The first-order valence-electron chi connectivity index (χ1n) is 5.96. The Morgan fingerprint density at radius 2 is 2.11 bits per heavy atom. The van der Waals surface area contributed by atoms with Crippen LogP contribution in [0.5, 0.6) is 5.75 Å². The smallest absolute Gasteiger partial charge is 0.254 e. The van der Waals surface area contributed by atoms with Crippen LogP contribution in [-0.4, -0.2) is 42.0 Å². The van der Waals surface area contributed by atoms with Gasteiger partial charge in [-0.05, 0) is 24.6 Å². The zero-order chi connectivity index (χ0) is 14.4. The minimum Gasteiger partial charge on any atom is -0.506 e. The van der Waals surface area contributed by atoms with Crippen molar-refractivity contribution in [2.75, 3.05) is 20.1 Å². The van der Waals surface area contributed by atoms with E-state index < -0.39 is 0 Å². The molecule has 104 valence electrons. The number of carbonyl (C=O) groups excluding carboxylic acids is 2. The maximum atomic E-state index is 12.0. The highest BCUT2D eigenvalue weighted by molar-refractivity contribution is 6.32. The lowest BCUT2D eigenvalue weighted by Crippen LogP contribution is -2.38. The molecule has 0 aliphatic heterocycles. The number of benzene rings is 1. The van der Waals surface area contributed by atoms with E-state index in [0.717, 1.165) is 6.42 Å². The van der Waals surface area contributed by atoms with Crippen LogP contribution in [-0.2, 0) is 4.79 Å². The van der Waals surface area contributed by atoms with Crippen LogP contribution in [0.2, 0.25) is 5.02 Å². The molecule has 0 unspecified atom stereocenters. The van der Waals surface area contributed by atoms with Crippen LogP contribution >= 0.6 is 11.6 Å². The zero-order valence-electron chi connectivity index (χ0n) is 10.9. The van der Waals surface area contributed by atoms with Gasteiger partial charge in [0.1, 0.15) is 5.75 Å². The van der Waals surface area contributed by atoms with Crippen molar-refractivity contribution in [2.45, 2.75) is 13.3 Å². The monoisotopic (exact) mass is 284 g/mol. The summed E-state index contributed by atoms with van der Waals surface area (Å²) >= 11 is 5.74. The van der Waals surface area contributed by atoms with Gasteiger partial charge in [0, 0.05) is 19.2 Å². The second-order valence-electron chi connectivity index (χ2n) is 4.18. The Labute approximate surface area is 117 Å². The fourth-order valence-corrected chi connectivity index (χ4v) is 1.65. The van der Waals surface area contributed by atoms with E-state index in [1.807, 2.05) is 6.92 Å². The number of nitrogens with one attached hydrogen (secondary N) is 1. The quantitative estimate of drug-likeness (QED) is 0.864. The number of hydrogen-bond donors (Lipinski definition) is 2. The van der Waals surface area contributed by atoms with E-state index >= 15 is 0 Å². The average molecular weight is 285 g/mol. The Hall–Kier alpha value is -1.75. The van der Waals surface area contributed by atoms with Gasteiger partial charge in [0.15, 0.2) is 0 Å². The Kier molecular flexibility index (Phi) is 5.63. The molecule has 2 N–H and O–H groups in total. The topological polar surface area (TPSA) is 69.6 Å². The van der Waals surface area contributed by atoms with Crippen molar-refractivity contribution in [1.29, 1.82) is 0 Å². The molecule has 0 aliphatic carbocycles. The standard InChI is InChI=1S/C13H17ClN2O3/c1-3-6-15-12(18)8-16(2)13(19)9-4-5-11(17)10(14)7-9/h4-5,7,17H,3,6,8H2,1-2H3,(H,15,18). The van der Waals surface area contributed by atoms with Crippen molar-refractivity contribution in [3.63, 3.8) is 0 Å². The summed E-state index contributed by atoms with van der Waals surface area (Å²) in [6.07, 6.45) is 0.844. The van der Waals surface area contributed by atoms with Gasteiger partial charge in [-0.25, -0.2) is 0 Å². The van der Waals surface area contributed by atoms with E-state index in [-0.39, 0.29) is 29.1 Å². The van der Waals surface area contributed by atoms with Crippen LogP contribution in [0.4, 0.5) is 0 Å². The van der Waals surface area contributed by atoms with Gasteiger partial charge in [0.2, 0.25) is 5.91 Å². The summed E-state index contributed by atoms with van der Waals surface area (Å²) < 4.78 is 0. The molecule has 0 aromatic heterocycles. The van der Waals surface area contributed by atoms with Crippen molar-refractivity contribution < 1.29 is 14.7 Å². The maximum absolute atomic E-state index is 12.0. The second-order valence-corrected chi connectivity index (χ2v) is 4.58.